The summed E-state index contributed by atoms with van der Waals surface area (Å²) in [6.07, 6.45) is 3.02. The molecule has 37 heavy (non-hydrogen) atoms. The van der Waals surface area contributed by atoms with Gasteiger partial charge < -0.3 is 15.1 Å². The van der Waals surface area contributed by atoms with E-state index in [-0.39, 0.29) is 23.9 Å². The fraction of sp³-hybridized carbons (Fsp3) is 0.333. The Morgan fingerprint density at radius 1 is 1.19 bits per heavy atom. The molecule has 1 saturated heterocycles. The van der Waals surface area contributed by atoms with Crippen molar-refractivity contribution < 1.29 is 9.59 Å². The minimum atomic E-state index is -0.131. The molecular formula is C27H26ClN5O2S2. The van der Waals surface area contributed by atoms with Gasteiger partial charge in [-0.2, -0.15) is 0 Å². The van der Waals surface area contributed by atoms with Gasteiger partial charge in [0.15, 0.2) is 5.13 Å². The number of carbonyl (C=O) groups excluding carboxylic acids is 2. The van der Waals surface area contributed by atoms with Gasteiger partial charge in [0.05, 0.1) is 32.2 Å². The molecule has 4 aromatic rings. The number of carbonyl (C=O) groups is 2. The molecule has 2 amide bonds. The molecular weight excluding hydrogens is 526 g/mol. The maximum Gasteiger partial charge on any atom is 0.274 e. The van der Waals surface area contributed by atoms with Gasteiger partial charge in [-0.3, -0.25) is 9.59 Å². The second kappa shape index (κ2) is 9.70. The van der Waals surface area contributed by atoms with Crippen LogP contribution in [0.25, 0.3) is 20.7 Å². The number of nitrogens with zero attached hydrogens (tertiary/aromatic N) is 4. The lowest BCUT2D eigenvalue weighted by Gasteiger charge is -2.35. The Morgan fingerprint density at radius 3 is 2.84 bits per heavy atom. The lowest BCUT2D eigenvalue weighted by atomic mass is 9.98. The fourth-order valence-electron chi connectivity index (χ4n) is 5.62. The first-order valence-corrected chi connectivity index (χ1v) is 14.3. The van der Waals surface area contributed by atoms with Crippen LogP contribution in [0, 0.1) is 5.92 Å². The van der Waals surface area contributed by atoms with Crippen molar-refractivity contribution in [1.29, 1.82) is 0 Å². The third-order valence-electron chi connectivity index (χ3n) is 7.34. The molecule has 2 fully saturated rings. The number of hydrogen-bond donors (Lipinski definition) is 1. The Kier molecular flexibility index (Phi) is 6.38. The maximum atomic E-state index is 14.1. The molecule has 0 spiro atoms. The molecule has 6 rings (SSSR count). The van der Waals surface area contributed by atoms with Gasteiger partial charge in [0, 0.05) is 31.7 Å². The minimum absolute atomic E-state index is 0.0624. The molecule has 2 aliphatic rings. The van der Waals surface area contributed by atoms with Gasteiger partial charge in [0.2, 0.25) is 0 Å². The summed E-state index contributed by atoms with van der Waals surface area (Å²) in [5.74, 6) is 0.165. The molecule has 3 atom stereocenters. The van der Waals surface area contributed by atoms with Crippen molar-refractivity contribution >= 4 is 61.4 Å². The van der Waals surface area contributed by atoms with Crippen molar-refractivity contribution in [2.24, 2.45) is 5.92 Å². The number of thiazole rings is 2. The number of rotatable bonds is 6. The summed E-state index contributed by atoms with van der Waals surface area (Å²) in [5.41, 5.74) is 4.54. The number of hydrogen-bond acceptors (Lipinski definition) is 7. The number of likely N-dealkylation sites (tertiary alicyclic amines) is 1. The molecule has 0 unspecified atom stereocenters. The molecule has 2 bridgehead atoms. The average molecular weight is 552 g/mol. The summed E-state index contributed by atoms with van der Waals surface area (Å²) in [5, 5.41) is 4.51. The third kappa shape index (κ3) is 4.39. The van der Waals surface area contributed by atoms with Crippen molar-refractivity contribution in [2.45, 2.75) is 31.3 Å². The smallest absolute Gasteiger partial charge is 0.274 e. The summed E-state index contributed by atoms with van der Waals surface area (Å²) in [7, 11) is 3.85. The van der Waals surface area contributed by atoms with Gasteiger partial charge >= 0.3 is 0 Å². The Labute approximate surface area is 228 Å². The second-order valence-electron chi connectivity index (χ2n) is 9.80. The standard InChI is InChI=1S/C27H26ClN5O2S2/c1-32(2)27-31-22(23(37-27)16-5-3-6-17(28)11-16)26(35)33-18-10-9-15(12-18)21(33)13-29-25(34)19-7-4-8-20-24(19)36-14-30-20/h3-8,11,14-15,18,21H,9-10,12-13H2,1-2H3,(H,29,34)/t15-,18+,21+/m0/s1. The normalized spacial score (nSPS) is 20.5. The molecule has 1 N–H and O–H groups in total. The fourth-order valence-corrected chi connectivity index (χ4v) is 7.59. The predicted octanol–water partition coefficient (Wildman–Crippen LogP) is 5.56. The Bertz CT molecular complexity index is 1500. The van der Waals surface area contributed by atoms with Crippen molar-refractivity contribution in [2.75, 3.05) is 25.5 Å². The highest BCUT2D eigenvalue weighted by Gasteiger charge is 2.49. The van der Waals surface area contributed by atoms with Gasteiger partial charge in [0.25, 0.3) is 11.8 Å². The van der Waals surface area contributed by atoms with Gasteiger partial charge in [-0.15, -0.1) is 11.3 Å². The summed E-state index contributed by atoms with van der Waals surface area (Å²) in [6.45, 7) is 0.415. The third-order valence-corrected chi connectivity index (χ3v) is 9.72. The molecule has 2 aromatic carbocycles. The van der Waals surface area contributed by atoms with E-state index in [1.807, 2.05) is 66.4 Å². The number of piperidine rings is 1. The highest BCUT2D eigenvalue weighted by Crippen LogP contribution is 2.44. The van der Waals surface area contributed by atoms with Crippen LogP contribution in [0.15, 0.2) is 48.0 Å². The van der Waals surface area contributed by atoms with Gasteiger partial charge in [0.1, 0.15) is 5.69 Å². The predicted molar refractivity (Wildman–Crippen MR) is 150 cm³/mol. The first kappa shape index (κ1) is 24.3. The molecule has 7 nitrogen and oxygen atoms in total. The van der Waals surface area contributed by atoms with E-state index < -0.39 is 0 Å². The SMILES string of the molecule is CN(C)c1nc(C(=O)N2[C@@H]3CC[C@@H](C3)[C@H]2CNC(=O)c2cccc3ncsc23)c(-c2cccc(Cl)c2)s1. The molecule has 1 aliphatic heterocycles. The van der Waals surface area contributed by atoms with E-state index in [0.717, 1.165) is 45.1 Å². The largest absolute Gasteiger partial charge is 0.354 e. The minimum Gasteiger partial charge on any atom is -0.354 e. The van der Waals surface area contributed by atoms with Crippen molar-refractivity contribution in [3.63, 3.8) is 0 Å². The van der Waals surface area contributed by atoms with E-state index in [1.165, 1.54) is 22.7 Å². The first-order valence-electron chi connectivity index (χ1n) is 12.3. The van der Waals surface area contributed by atoms with Crippen LogP contribution in [0.2, 0.25) is 5.02 Å². The molecule has 1 aliphatic carbocycles. The van der Waals surface area contributed by atoms with E-state index in [1.54, 1.807) is 5.51 Å². The van der Waals surface area contributed by atoms with Gasteiger partial charge in [-0.1, -0.05) is 41.1 Å². The van der Waals surface area contributed by atoms with Crippen LogP contribution in [0.1, 0.15) is 40.1 Å². The monoisotopic (exact) mass is 551 g/mol. The van der Waals surface area contributed by atoms with Crippen LogP contribution in [0.5, 0.6) is 0 Å². The highest BCUT2D eigenvalue weighted by molar-refractivity contribution is 7.19. The van der Waals surface area contributed by atoms with E-state index >= 15 is 0 Å². The Hall–Kier alpha value is -3.01. The highest BCUT2D eigenvalue weighted by atomic mass is 35.5. The van der Waals surface area contributed by atoms with Crippen molar-refractivity contribution in [3.05, 3.63) is 64.3 Å². The number of halogens is 1. The zero-order valence-corrected chi connectivity index (χ0v) is 22.9. The lowest BCUT2D eigenvalue weighted by Crippen LogP contribution is -2.50. The number of anilines is 1. The molecule has 2 aromatic heterocycles. The Balaban J connectivity index is 1.28. The number of nitrogens with one attached hydrogen (secondary N) is 1. The topological polar surface area (TPSA) is 78.4 Å². The van der Waals surface area contributed by atoms with Crippen LogP contribution >= 0.6 is 34.3 Å². The van der Waals surface area contributed by atoms with Crippen LogP contribution in [0.3, 0.4) is 0 Å². The Morgan fingerprint density at radius 2 is 2.03 bits per heavy atom. The zero-order chi connectivity index (χ0) is 25.7. The van der Waals surface area contributed by atoms with Crippen LogP contribution in [0.4, 0.5) is 5.13 Å². The summed E-state index contributed by atoms with van der Waals surface area (Å²) in [4.78, 5) is 41.1. The summed E-state index contributed by atoms with van der Waals surface area (Å²) >= 11 is 9.24. The molecule has 1 saturated carbocycles. The first-order chi connectivity index (χ1) is 17.9. The van der Waals surface area contributed by atoms with Crippen LogP contribution < -0.4 is 10.2 Å². The van der Waals surface area contributed by atoms with Crippen LogP contribution in [-0.4, -0.2) is 59.4 Å². The number of benzene rings is 2. The maximum absolute atomic E-state index is 14.1. The van der Waals surface area contributed by atoms with Gasteiger partial charge in [-0.25, -0.2) is 9.97 Å². The van der Waals surface area contributed by atoms with Crippen molar-refractivity contribution in [3.8, 4) is 10.4 Å². The number of amides is 2. The lowest BCUT2D eigenvalue weighted by molar-refractivity contribution is 0.0578. The second-order valence-corrected chi connectivity index (χ2v) is 12.1. The van der Waals surface area contributed by atoms with E-state index in [4.69, 9.17) is 16.6 Å². The van der Waals surface area contributed by atoms with Gasteiger partial charge in [-0.05, 0) is 55.0 Å². The van der Waals surface area contributed by atoms with Crippen molar-refractivity contribution in [1.82, 2.24) is 20.2 Å². The number of aromatic nitrogens is 2. The summed E-state index contributed by atoms with van der Waals surface area (Å²) < 4.78 is 0.880. The number of fused-ring (bicyclic) bond motifs is 3. The van der Waals surface area contributed by atoms with E-state index in [9.17, 15) is 9.59 Å². The molecule has 10 heteroatoms. The average Bonchev–Trinajstić information content (AvgIpc) is 3.69. The molecule has 0 radical (unpaired) electrons. The summed E-state index contributed by atoms with van der Waals surface area (Å²) in [6, 6.07) is 13.2. The quantitative estimate of drug-likeness (QED) is 0.339. The molecule has 190 valence electrons. The van der Waals surface area contributed by atoms with E-state index in [0.29, 0.717) is 28.7 Å². The van der Waals surface area contributed by atoms with E-state index in [2.05, 4.69) is 10.3 Å². The van der Waals surface area contributed by atoms with Crippen LogP contribution in [-0.2, 0) is 0 Å². The molecule has 3 heterocycles. The zero-order valence-electron chi connectivity index (χ0n) is 20.5.